The van der Waals surface area contributed by atoms with Crippen molar-refractivity contribution in [2.24, 2.45) is 0 Å². The van der Waals surface area contributed by atoms with Crippen molar-refractivity contribution in [3.63, 3.8) is 0 Å². The van der Waals surface area contributed by atoms with Gasteiger partial charge in [-0.05, 0) is 47.7 Å². The molecule has 0 atom stereocenters. The summed E-state index contributed by atoms with van der Waals surface area (Å²) < 4.78 is 11.7. The lowest BCUT2D eigenvalue weighted by atomic mass is 10.3. The van der Waals surface area contributed by atoms with E-state index in [4.69, 9.17) is 9.47 Å². The van der Waals surface area contributed by atoms with E-state index in [9.17, 15) is 0 Å². The summed E-state index contributed by atoms with van der Waals surface area (Å²) in [5.41, 5.74) is 0. The molecule has 2 rings (SSSR count). The molecule has 0 unspecified atom stereocenters. The van der Waals surface area contributed by atoms with Crippen molar-refractivity contribution in [1.29, 1.82) is 0 Å². The third kappa shape index (κ3) is 3.91. The Morgan fingerprint density at radius 3 is 2.68 bits per heavy atom. The predicted molar refractivity (Wildman–Crippen MR) is 79.8 cm³/mol. The maximum absolute atomic E-state index is 5.60. The SMILES string of the molecule is CCNc1nc(OC)nc(Oc2cccc(I)c2)n1. The summed E-state index contributed by atoms with van der Waals surface area (Å²) in [4.78, 5) is 12.3. The Balaban J connectivity index is 2.26. The largest absolute Gasteiger partial charge is 0.467 e. The Kier molecular flexibility index (Phi) is 4.72. The van der Waals surface area contributed by atoms with E-state index in [0.717, 1.165) is 3.57 Å². The first-order valence-corrected chi connectivity index (χ1v) is 6.76. The van der Waals surface area contributed by atoms with Gasteiger partial charge in [-0.3, -0.25) is 0 Å². The van der Waals surface area contributed by atoms with E-state index in [0.29, 0.717) is 18.2 Å². The highest BCUT2D eigenvalue weighted by atomic mass is 127. The first-order valence-electron chi connectivity index (χ1n) is 5.68. The molecule has 0 amide bonds. The minimum absolute atomic E-state index is 0.199. The molecule has 6 nitrogen and oxygen atoms in total. The van der Waals surface area contributed by atoms with E-state index < -0.39 is 0 Å². The lowest BCUT2D eigenvalue weighted by Crippen LogP contribution is -2.06. The van der Waals surface area contributed by atoms with Crippen molar-refractivity contribution >= 4 is 28.5 Å². The summed E-state index contributed by atoms with van der Waals surface area (Å²) in [7, 11) is 1.50. The Labute approximate surface area is 124 Å². The van der Waals surface area contributed by atoms with Crippen LogP contribution in [-0.2, 0) is 0 Å². The lowest BCUT2D eigenvalue weighted by molar-refractivity contribution is 0.360. The van der Waals surface area contributed by atoms with Gasteiger partial charge in [-0.2, -0.15) is 9.97 Å². The molecule has 7 heteroatoms. The van der Waals surface area contributed by atoms with E-state index in [1.165, 1.54) is 7.11 Å². The third-order valence-corrected chi connectivity index (χ3v) is 2.79. The van der Waals surface area contributed by atoms with Crippen LogP contribution in [0.2, 0.25) is 0 Å². The molecule has 0 bridgehead atoms. The van der Waals surface area contributed by atoms with Gasteiger partial charge in [0.15, 0.2) is 0 Å². The van der Waals surface area contributed by atoms with E-state index in [-0.39, 0.29) is 12.0 Å². The average molecular weight is 372 g/mol. The van der Waals surface area contributed by atoms with E-state index in [2.05, 4.69) is 42.9 Å². The van der Waals surface area contributed by atoms with Gasteiger partial charge < -0.3 is 14.8 Å². The van der Waals surface area contributed by atoms with Crippen LogP contribution in [-0.4, -0.2) is 28.6 Å². The smallest absolute Gasteiger partial charge is 0.330 e. The fourth-order valence-corrected chi connectivity index (χ4v) is 1.86. The van der Waals surface area contributed by atoms with Crippen LogP contribution in [0, 0.1) is 3.57 Å². The molecule has 0 radical (unpaired) electrons. The number of halogens is 1. The number of anilines is 1. The van der Waals surface area contributed by atoms with Crippen LogP contribution in [0.3, 0.4) is 0 Å². The summed E-state index contributed by atoms with van der Waals surface area (Å²) in [6.07, 6.45) is 0. The standard InChI is InChI=1S/C12H13IN4O2/c1-3-14-10-15-11(18-2)17-12(16-10)19-9-6-4-5-8(13)7-9/h4-7H,3H2,1-2H3,(H,14,15,16,17). The van der Waals surface area contributed by atoms with Gasteiger partial charge in [0.25, 0.3) is 0 Å². The third-order valence-electron chi connectivity index (χ3n) is 2.12. The van der Waals surface area contributed by atoms with Crippen molar-refractivity contribution in [3.8, 4) is 17.8 Å². The van der Waals surface area contributed by atoms with Gasteiger partial charge in [-0.15, -0.1) is 4.98 Å². The first-order chi connectivity index (χ1) is 9.21. The highest BCUT2D eigenvalue weighted by Gasteiger charge is 2.08. The van der Waals surface area contributed by atoms with Gasteiger partial charge in [-0.25, -0.2) is 0 Å². The minimum atomic E-state index is 0.199. The van der Waals surface area contributed by atoms with Crippen molar-refractivity contribution < 1.29 is 9.47 Å². The molecule has 0 saturated carbocycles. The van der Waals surface area contributed by atoms with Gasteiger partial charge in [0.05, 0.1) is 7.11 Å². The maximum Gasteiger partial charge on any atom is 0.330 e. The molecule has 1 aromatic carbocycles. The highest BCUT2D eigenvalue weighted by Crippen LogP contribution is 2.22. The molecule has 1 aromatic heterocycles. The van der Waals surface area contributed by atoms with Gasteiger partial charge in [0.2, 0.25) is 5.95 Å². The van der Waals surface area contributed by atoms with Gasteiger partial charge in [-0.1, -0.05) is 6.07 Å². The summed E-state index contributed by atoms with van der Waals surface area (Å²) in [5.74, 6) is 1.09. The maximum atomic E-state index is 5.60. The van der Waals surface area contributed by atoms with Crippen LogP contribution in [0.25, 0.3) is 0 Å². The second kappa shape index (κ2) is 6.50. The number of benzene rings is 1. The van der Waals surface area contributed by atoms with Crippen molar-refractivity contribution in [1.82, 2.24) is 15.0 Å². The Hall–Kier alpha value is -1.64. The van der Waals surface area contributed by atoms with Crippen molar-refractivity contribution in [3.05, 3.63) is 27.8 Å². The Morgan fingerprint density at radius 2 is 2.00 bits per heavy atom. The number of aromatic nitrogens is 3. The summed E-state index contributed by atoms with van der Waals surface area (Å²) in [5, 5.41) is 3.00. The highest BCUT2D eigenvalue weighted by molar-refractivity contribution is 14.1. The molecule has 0 aliphatic rings. The molecule has 1 N–H and O–H groups in total. The second-order valence-electron chi connectivity index (χ2n) is 3.52. The zero-order valence-corrected chi connectivity index (χ0v) is 12.7. The molecule has 2 aromatic rings. The van der Waals surface area contributed by atoms with E-state index in [1.807, 2.05) is 31.2 Å². The zero-order valence-electron chi connectivity index (χ0n) is 10.6. The van der Waals surface area contributed by atoms with Gasteiger partial charge in [0.1, 0.15) is 5.75 Å². The Bertz CT molecular complexity index is 565. The normalized spacial score (nSPS) is 10.1. The molecular formula is C12H13IN4O2. The van der Waals surface area contributed by atoms with Crippen LogP contribution < -0.4 is 14.8 Å². The van der Waals surface area contributed by atoms with Crippen LogP contribution in [0.5, 0.6) is 17.8 Å². The number of ether oxygens (including phenoxy) is 2. The number of hydrogen-bond acceptors (Lipinski definition) is 6. The molecular weight excluding hydrogens is 359 g/mol. The lowest BCUT2D eigenvalue weighted by Gasteiger charge is -2.07. The molecule has 0 aliphatic heterocycles. The Morgan fingerprint density at radius 1 is 1.21 bits per heavy atom. The van der Waals surface area contributed by atoms with Crippen LogP contribution >= 0.6 is 22.6 Å². The topological polar surface area (TPSA) is 69.2 Å². The molecule has 0 saturated heterocycles. The van der Waals surface area contributed by atoms with Crippen LogP contribution in [0.4, 0.5) is 5.95 Å². The fourth-order valence-electron chi connectivity index (χ4n) is 1.35. The number of hydrogen-bond donors (Lipinski definition) is 1. The molecule has 0 spiro atoms. The number of methoxy groups -OCH3 is 1. The number of rotatable bonds is 5. The number of nitrogens with zero attached hydrogens (tertiary/aromatic N) is 3. The van der Waals surface area contributed by atoms with E-state index in [1.54, 1.807) is 0 Å². The summed E-state index contributed by atoms with van der Waals surface area (Å²) in [6, 6.07) is 8.03. The average Bonchev–Trinajstić information content (AvgIpc) is 2.39. The van der Waals surface area contributed by atoms with Crippen molar-refractivity contribution in [2.45, 2.75) is 6.92 Å². The summed E-state index contributed by atoms with van der Waals surface area (Å²) in [6.45, 7) is 2.66. The zero-order chi connectivity index (χ0) is 13.7. The predicted octanol–water partition coefficient (Wildman–Crippen LogP) is 2.71. The van der Waals surface area contributed by atoms with Crippen molar-refractivity contribution in [2.75, 3.05) is 19.0 Å². The molecule has 1 heterocycles. The molecule has 19 heavy (non-hydrogen) atoms. The molecule has 100 valence electrons. The van der Waals surface area contributed by atoms with E-state index >= 15 is 0 Å². The van der Waals surface area contributed by atoms with Crippen LogP contribution in [0.15, 0.2) is 24.3 Å². The van der Waals surface area contributed by atoms with Gasteiger partial charge >= 0.3 is 12.0 Å². The first kappa shape index (κ1) is 13.8. The number of nitrogens with one attached hydrogen (secondary N) is 1. The summed E-state index contributed by atoms with van der Waals surface area (Å²) >= 11 is 2.21. The fraction of sp³-hybridized carbons (Fsp3) is 0.250. The monoisotopic (exact) mass is 372 g/mol. The van der Waals surface area contributed by atoms with Crippen LogP contribution in [0.1, 0.15) is 6.92 Å². The minimum Gasteiger partial charge on any atom is -0.467 e. The second-order valence-corrected chi connectivity index (χ2v) is 4.76. The van der Waals surface area contributed by atoms with Gasteiger partial charge in [0, 0.05) is 10.1 Å². The molecule has 0 aliphatic carbocycles. The molecule has 0 fully saturated rings. The quantitative estimate of drug-likeness (QED) is 0.815.